The molecule has 0 aliphatic heterocycles. The third-order valence-electron chi connectivity index (χ3n) is 3.00. The Bertz CT molecular complexity index is 873. The van der Waals surface area contributed by atoms with Gasteiger partial charge < -0.3 is 4.42 Å². The quantitative estimate of drug-likeness (QED) is 0.411. The minimum Gasteiger partial charge on any atom is -0.461 e. The molecular weight excluding hydrogens is 320 g/mol. The number of nitro groups is 1. The predicted molar refractivity (Wildman–Crippen MR) is 82.3 cm³/mol. The number of carbonyl (C=O) groups excluding carboxylic acids is 1. The molecule has 0 saturated carbocycles. The largest absolute Gasteiger partial charge is 0.461 e. The standard InChI is InChI=1S/C14H10N4O4S/c1-23-14-15-12(11-6-3-7-22-11)16-17(14)13(19)9-4-2-5-10(8-9)18(20)21/h2-8H,1H3. The number of non-ortho nitro benzene ring substituents is 1. The molecule has 0 unspecified atom stereocenters. The van der Waals surface area contributed by atoms with Crippen LogP contribution >= 0.6 is 11.8 Å². The summed E-state index contributed by atoms with van der Waals surface area (Å²) >= 11 is 1.24. The Morgan fingerprint density at radius 2 is 2.17 bits per heavy atom. The molecule has 3 rings (SSSR count). The van der Waals surface area contributed by atoms with Gasteiger partial charge in [-0.3, -0.25) is 14.9 Å². The summed E-state index contributed by atoms with van der Waals surface area (Å²) in [5, 5.41) is 15.4. The first-order chi connectivity index (χ1) is 11.1. The van der Waals surface area contributed by atoms with E-state index in [1.54, 1.807) is 18.4 Å². The minimum absolute atomic E-state index is 0.158. The molecule has 8 nitrogen and oxygen atoms in total. The summed E-state index contributed by atoms with van der Waals surface area (Å²) in [6, 6.07) is 8.85. The van der Waals surface area contributed by atoms with Crippen LogP contribution in [0.15, 0.2) is 52.2 Å². The van der Waals surface area contributed by atoms with E-state index in [9.17, 15) is 14.9 Å². The highest BCUT2D eigenvalue weighted by atomic mass is 32.2. The second-order valence-electron chi connectivity index (χ2n) is 4.42. The second-order valence-corrected chi connectivity index (χ2v) is 5.20. The van der Waals surface area contributed by atoms with E-state index in [4.69, 9.17) is 4.42 Å². The molecule has 1 aromatic carbocycles. The Hall–Kier alpha value is -2.94. The van der Waals surface area contributed by atoms with Crippen LogP contribution in [0.5, 0.6) is 0 Å². The van der Waals surface area contributed by atoms with Gasteiger partial charge >= 0.3 is 0 Å². The van der Waals surface area contributed by atoms with Crippen LogP contribution in [0, 0.1) is 10.1 Å². The van der Waals surface area contributed by atoms with Gasteiger partial charge in [-0.15, -0.1) is 5.10 Å². The summed E-state index contributed by atoms with van der Waals surface area (Å²) in [4.78, 5) is 27.1. The Morgan fingerprint density at radius 3 is 2.83 bits per heavy atom. The van der Waals surface area contributed by atoms with Crippen molar-refractivity contribution < 1.29 is 14.1 Å². The highest BCUT2D eigenvalue weighted by Gasteiger charge is 2.20. The summed E-state index contributed by atoms with van der Waals surface area (Å²) in [6.45, 7) is 0. The van der Waals surface area contributed by atoms with E-state index in [0.717, 1.165) is 4.68 Å². The van der Waals surface area contributed by atoms with E-state index in [2.05, 4.69) is 10.1 Å². The molecule has 116 valence electrons. The Morgan fingerprint density at radius 1 is 1.35 bits per heavy atom. The molecule has 0 aliphatic rings. The van der Waals surface area contributed by atoms with Crippen molar-refractivity contribution in [3.8, 4) is 11.6 Å². The number of nitro benzene ring substituents is 1. The molecule has 0 bridgehead atoms. The number of nitrogens with zero attached hydrogens (tertiary/aromatic N) is 4. The summed E-state index contributed by atoms with van der Waals surface area (Å²) in [7, 11) is 0. The van der Waals surface area contributed by atoms with E-state index < -0.39 is 10.8 Å². The van der Waals surface area contributed by atoms with E-state index >= 15 is 0 Å². The molecule has 0 radical (unpaired) electrons. The lowest BCUT2D eigenvalue weighted by Gasteiger charge is -2.02. The van der Waals surface area contributed by atoms with Gasteiger partial charge in [0.2, 0.25) is 5.82 Å². The zero-order chi connectivity index (χ0) is 16.4. The van der Waals surface area contributed by atoms with Gasteiger partial charge in [0.25, 0.3) is 11.6 Å². The van der Waals surface area contributed by atoms with Gasteiger partial charge in [-0.25, -0.2) is 0 Å². The molecule has 2 heterocycles. The maximum atomic E-state index is 12.6. The van der Waals surface area contributed by atoms with Crippen molar-refractivity contribution in [3.63, 3.8) is 0 Å². The topological polar surface area (TPSA) is 104 Å². The van der Waals surface area contributed by atoms with Gasteiger partial charge in [-0.1, -0.05) is 17.8 Å². The number of hydrogen-bond acceptors (Lipinski definition) is 7. The van der Waals surface area contributed by atoms with Crippen LogP contribution in [0.25, 0.3) is 11.6 Å². The predicted octanol–water partition coefficient (Wildman–Crippen LogP) is 2.86. The fourth-order valence-corrected chi connectivity index (χ4v) is 2.42. The van der Waals surface area contributed by atoms with E-state index in [0.29, 0.717) is 10.9 Å². The van der Waals surface area contributed by atoms with Crippen molar-refractivity contribution in [1.82, 2.24) is 14.8 Å². The van der Waals surface area contributed by atoms with Crippen LogP contribution in [-0.2, 0) is 0 Å². The number of aromatic nitrogens is 3. The summed E-state index contributed by atoms with van der Waals surface area (Å²) in [5.74, 6) is 0.215. The van der Waals surface area contributed by atoms with Crippen LogP contribution < -0.4 is 0 Å². The van der Waals surface area contributed by atoms with Gasteiger partial charge in [0.1, 0.15) is 0 Å². The summed E-state index contributed by atoms with van der Waals surface area (Å²) < 4.78 is 6.33. The lowest BCUT2D eigenvalue weighted by Crippen LogP contribution is -2.15. The third-order valence-corrected chi connectivity index (χ3v) is 3.63. The molecule has 2 aromatic heterocycles. The average molecular weight is 330 g/mol. The zero-order valence-electron chi connectivity index (χ0n) is 11.9. The van der Waals surface area contributed by atoms with Crippen molar-refractivity contribution in [2.45, 2.75) is 5.16 Å². The molecule has 0 fully saturated rings. The molecule has 9 heteroatoms. The normalized spacial score (nSPS) is 10.7. The summed E-state index contributed by atoms with van der Waals surface area (Å²) in [5.41, 5.74) is -0.00156. The molecule has 3 aromatic rings. The lowest BCUT2D eigenvalue weighted by atomic mass is 10.2. The van der Waals surface area contributed by atoms with Gasteiger partial charge in [-0.05, 0) is 24.5 Å². The number of thioether (sulfide) groups is 1. The number of rotatable bonds is 4. The van der Waals surface area contributed by atoms with Crippen LogP contribution in [0.1, 0.15) is 10.4 Å². The number of hydrogen-bond donors (Lipinski definition) is 0. The molecule has 0 aliphatic carbocycles. The first-order valence-electron chi connectivity index (χ1n) is 6.44. The first kappa shape index (κ1) is 15.0. The van der Waals surface area contributed by atoms with Crippen LogP contribution in [-0.4, -0.2) is 31.9 Å². The Labute approximate surface area is 134 Å². The van der Waals surface area contributed by atoms with Crippen molar-refractivity contribution in [2.75, 3.05) is 6.26 Å². The van der Waals surface area contributed by atoms with Crippen LogP contribution in [0.2, 0.25) is 0 Å². The minimum atomic E-state index is -0.554. The monoisotopic (exact) mass is 330 g/mol. The zero-order valence-corrected chi connectivity index (χ0v) is 12.7. The maximum absolute atomic E-state index is 12.6. The van der Waals surface area contributed by atoms with Crippen LogP contribution in [0.4, 0.5) is 5.69 Å². The number of carbonyl (C=O) groups is 1. The summed E-state index contributed by atoms with van der Waals surface area (Å²) in [6.07, 6.45) is 3.24. The Balaban J connectivity index is 2.02. The molecule has 0 amide bonds. The maximum Gasteiger partial charge on any atom is 0.280 e. The van der Waals surface area contributed by atoms with E-state index in [1.807, 2.05) is 0 Å². The highest BCUT2D eigenvalue weighted by molar-refractivity contribution is 7.98. The van der Waals surface area contributed by atoms with Gasteiger partial charge in [-0.2, -0.15) is 9.67 Å². The van der Waals surface area contributed by atoms with E-state index in [-0.39, 0.29) is 17.1 Å². The van der Waals surface area contributed by atoms with Gasteiger partial charge in [0, 0.05) is 17.7 Å². The van der Waals surface area contributed by atoms with Gasteiger partial charge in [0.05, 0.1) is 11.2 Å². The smallest absolute Gasteiger partial charge is 0.280 e. The van der Waals surface area contributed by atoms with E-state index in [1.165, 1.54) is 42.3 Å². The molecule has 0 N–H and O–H groups in total. The Kier molecular flexibility index (Phi) is 3.94. The molecule has 0 atom stereocenters. The van der Waals surface area contributed by atoms with Crippen molar-refractivity contribution >= 4 is 23.4 Å². The fraction of sp³-hybridized carbons (Fsp3) is 0.0714. The van der Waals surface area contributed by atoms with Gasteiger partial charge in [0.15, 0.2) is 10.9 Å². The second kappa shape index (κ2) is 6.05. The van der Waals surface area contributed by atoms with Crippen molar-refractivity contribution in [2.24, 2.45) is 0 Å². The first-order valence-corrected chi connectivity index (χ1v) is 7.66. The molecular formula is C14H10N4O4S. The SMILES string of the molecule is CSc1nc(-c2ccco2)nn1C(=O)c1cccc([N+](=O)[O-])c1. The third kappa shape index (κ3) is 2.86. The fourth-order valence-electron chi connectivity index (χ4n) is 1.95. The average Bonchev–Trinajstić information content (AvgIpc) is 3.23. The number of benzene rings is 1. The molecule has 0 saturated heterocycles. The van der Waals surface area contributed by atoms with Crippen LogP contribution in [0.3, 0.4) is 0 Å². The molecule has 23 heavy (non-hydrogen) atoms. The highest BCUT2D eigenvalue weighted by Crippen LogP contribution is 2.22. The van der Waals surface area contributed by atoms with Crippen molar-refractivity contribution in [3.05, 3.63) is 58.3 Å². The molecule has 0 spiro atoms. The number of furan rings is 1. The van der Waals surface area contributed by atoms with Crippen molar-refractivity contribution in [1.29, 1.82) is 0 Å². The lowest BCUT2D eigenvalue weighted by molar-refractivity contribution is -0.384.